The standard InChI is InChI=1S/C13H12F3NO3/c14-8-5-7(6-9(15)11(8)16)12(18)17-4-2-1-3-10(17)13(19)20/h5-6,10H,1-4H2,(H,19,20)/t10-/m0/s1. The first kappa shape index (κ1) is 14.4. The molecule has 0 aromatic heterocycles. The number of amides is 1. The highest BCUT2D eigenvalue weighted by atomic mass is 19.2. The molecule has 1 heterocycles. The molecule has 20 heavy (non-hydrogen) atoms. The first-order valence-corrected chi connectivity index (χ1v) is 6.10. The Labute approximate surface area is 112 Å². The summed E-state index contributed by atoms with van der Waals surface area (Å²) in [5.41, 5.74) is -0.394. The smallest absolute Gasteiger partial charge is 0.326 e. The minimum atomic E-state index is -1.66. The lowest BCUT2D eigenvalue weighted by atomic mass is 10.0. The zero-order chi connectivity index (χ0) is 14.9. The fourth-order valence-corrected chi connectivity index (χ4v) is 2.28. The molecule has 2 rings (SSSR count). The average molecular weight is 287 g/mol. The number of aliphatic carboxylic acids is 1. The van der Waals surface area contributed by atoms with E-state index in [-0.39, 0.29) is 13.0 Å². The van der Waals surface area contributed by atoms with E-state index >= 15 is 0 Å². The maximum absolute atomic E-state index is 13.1. The van der Waals surface area contributed by atoms with Gasteiger partial charge in [-0.05, 0) is 31.4 Å². The van der Waals surface area contributed by atoms with Gasteiger partial charge in [0.05, 0.1) is 0 Å². The van der Waals surface area contributed by atoms with Crippen LogP contribution < -0.4 is 0 Å². The molecule has 1 atom stereocenters. The van der Waals surface area contributed by atoms with Crippen LogP contribution in [0.25, 0.3) is 0 Å². The molecule has 0 aliphatic carbocycles. The molecule has 0 bridgehead atoms. The lowest BCUT2D eigenvalue weighted by Crippen LogP contribution is -2.48. The van der Waals surface area contributed by atoms with Crippen LogP contribution in [0.2, 0.25) is 0 Å². The van der Waals surface area contributed by atoms with Gasteiger partial charge < -0.3 is 10.0 Å². The van der Waals surface area contributed by atoms with Crippen molar-refractivity contribution in [3.05, 3.63) is 35.1 Å². The van der Waals surface area contributed by atoms with Gasteiger partial charge in [0, 0.05) is 12.1 Å². The topological polar surface area (TPSA) is 57.6 Å². The Bertz CT molecular complexity index is 539. The molecule has 0 unspecified atom stereocenters. The van der Waals surface area contributed by atoms with Crippen molar-refractivity contribution in [1.82, 2.24) is 4.90 Å². The summed E-state index contributed by atoms with van der Waals surface area (Å²) in [6, 6.07) is 0.134. The van der Waals surface area contributed by atoms with Gasteiger partial charge in [0.15, 0.2) is 17.5 Å². The lowest BCUT2D eigenvalue weighted by molar-refractivity contribution is -0.143. The zero-order valence-electron chi connectivity index (χ0n) is 10.4. The highest BCUT2D eigenvalue weighted by molar-refractivity contribution is 5.96. The second-order valence-electron chi connectivity index (χ2n) is 4.60. The second kappa shape index (κ2) is 5.52. The van der Waals surface area contributed by atoms with Crippen LogP contribution in [-0.4, -0.2) is 34.5 Å². The van der Waals surface area contributed by atoms with Gasteiger partial charge in [0.25, 0.3) is 5.91 Å². The number of likely N-dealkylation sites (tertiary alicyclic amines) is 1. The molecule has 7 heteroatoms. The van der Waals surface area contributed by atoms with Crippen molar-refractivity contribution in [2.45, 2.75) is 25.3 Å². The number of carboxylic acid groups (broad SMARTS) is 1. The number of hydrogen-bond donors (Lipinski definition) is 1. The van der Waals surface area contributed by atoms with Gasteiger partial charge in [-0.15, -0.1) is 0 Å². The van der Waals surface area contributed by atoms with E-state index in [9.17, 15) is 22.8 Å². The third-order valence-corrected chi connectivity index (χ3v) is 3.28. The number of carbonyl (C=O) groups is 2. The van der Waals surface area contributed by atoms with Crippen LogP contribution in [0.4, 0.5) is 13.2 Å². The van der Waals surface area contributed by atoms with E-state index < -0.39 is 40.9 Å². The van der Waals surface area contributed by atoms with Gasteiger partial charge in [-0.25, -0.2) is 18.0 Å². The van der Waals surface area contributed by atoms with E-state index in [1.54, 1.807) is 0 Å². The van der Waals surface area contributed by atoms with E-state index in [1.165, 1.54) is 0 Å². The van der Waals surface area contributed by atoms with E-state index in [1.807, 2.05) is 0 Å². The predicted octanol–water partition coefficient (Wildman–Crippen LogP) is 2.18. The molecule has 108 valence electrons. The fourth-order valence-electron chi connectivity index (χ4n) is 2.28. The Morgan fingerprint density at radius 3 is 2.30 bits per heavy atom. The van der Waals surface area contributed by atoms with E-state index in [4.69, 9.17) is 5.11 Å². The summed E-state index contributed by atoms with van der Waals surface area (Å²) < 4.78 is 39.1. The number of carbonyl (C=O) groups excluding carboxylic acids is 1. The highest BCUT2D eigenvalue weighted by Gasteiger charge is 2.33. The molecule has 4 nitrogen and oxygen atoms in total. The van der Waals surface area contributed by atoms with Crippen molar-refractivity contribution < 1.29 is 27.9 Å². The molecule has 0 radical (unpaired) electrons. The molecule has 1 N–H and O–H groups in total. The van der Waals surface area contributed by atoms with Gasteiger partial charge >= 0.3 is 5.97 Å². The number of piperidine rings is 1. The summed E-state index contributed by atoms with van der Waals surface area (Å²) in [5, 5.41) is 9.06. The quantitative estimate of drug-likeness (QED) is 0.848. The minimum absolute atomic E-state index is 0.191. The number of benzene rings is 1. The van der Waals surface area contributed by atoms with Crippen LogP contribution in [0.1, 0.15) is 29.6 Å². The van der Waals surface area contributed by atoms with Crippen molar-refractivity contribution >= 4 is 11.9 Å². The minimum Gasteiger partial charge on any atom is -0.480 e. The van der Waals surface area contributed by atoms with Gasteiger partial charge in [-0.3, -0.25) is 4.79 Å². The third kappa shape index (κ3) is 2.61. The molecule has 1 fully saturated rings. The van der Waals surface area contributed by atoms with Crippen LogP contribution in [-0.2, 0) is 4.79 Å². The van der Waals surface area contributed by atoms with Crippen LogP contribution in [0.3, 0.4) is 0 Å². The molecule has 0 saturated carbocycles. The molecule has 1 saturated heterocycles. The monoisotopic (exact) mass is 287 g/mol. The number of rotatable bonds is 2. The Kier molecular flexibility index (Phi) is 3.96. The Morgan fingerprint density at radius 1 is 1.15 bits per heavy atom. The summed E-state index contributed by atoms with van der Waals surface area (Å²) in [6.45, 7) is 0.191. The molecule has 1 aromatic rings. The van der Waals surface area contributed by atoms with E-state index in [0.29, 0.717) is 25.0 Å². The molecular formula is C13H12F3NO3. The first-order chi connectivity index (χ1) is 9.41. The van der Waals surface area contributed by atoms with Gasteiger partial charge in [0.1, 0.15) is 6.04 Å². The highest BCUT2D eigenvalue weighted by Crippen LogP contribution is 2.21. The number of hydrogen-bond acceptors (Lipinski definition) is 2. The Hall–Kier alpha value is -2.05. The van der Waals surface area contributed by atoms with Crippen LogP contribution >= 0.6 is 0 Å². The summed E-state index contributed by atoms with van der Waals surface area (Å²) in [5.74, 6) is -6.58. The van der Waals surface area contributed by atoms with Gasteiger partial charge in [-0.1, -0.05) is 0 Å². The lowest BCUT2D eigenvalue weighted by Gasteiger charge is -2.33. The fraction of sp³-hybridized carbons (Fsp3) is 0.385. The van der Waals surface area contributed by atoms with E-state index in [2.05, 4.69) is 0 Å². The van der Waals surface area contributed by atoms with Crippen molar-refractivity contribution in [1.29, 1.82) is 0 Å². The summed E-state index contributed by atoms with van der Waals surface area (Å²) in [4.78, 5) is 24.3. The summed E-state index contributed by atoms with van der Waals surface area (Å²) in [7, 11) is 0. The SMILES string of the molecule is O=C(O)[C@@H]1CCCCN1C(=O)c1cc(F)c(F)c(F)c1. The number of halogens is 3. The zero-order valence-corrected chi connectivity index (χ0v) is 10.4. The van der Waals surface area contributed by atoms with Crippen molar-refractivity contribution in [2.75, 3.05) is 6.54 Å². The Balaban J connectivity index is 2.32. The van der Waals surface area contributed by atoms with Crippen molar-refractivity contribution in [3.8, 4) is 0 Å². The second-order valence-corrected chi connectivity index (χ2v) is 4.60. The van der Waals surface area contributed by atoms with Crippen LogP contribution in [0.15, 0.2) is 12.1 Å². The number of nitrogens with zero attached hydrogens (tertiary/aromatic N) is 1. The third-order valence-electron chi connectivity index (χ3n) is 3.28. The molecule has 1 aromatic carbocycles. The van der Waals surface area contributed by atoms with Crippen molar-refractivity contribution in [3.63, 3.8) is 0 Å². The summed E-state index contributed by atoms with van der Waals surface area (Å²) in [6.07, 6.45) is 1.56. The Morgan fingerprint density at radius 2 is 1.75 bits per heavy atom. The maximum atomic E-state index is 13.1. The molecule has 1 aliphatic rings. The molecular weight excluding hydrogens is 275 g/mol. The predicted molar refractivity (Wildman–Crippen MR) is 62.6 cm³/mol. The van der Waals surface area contributed by atoms with Crippen LogP contribution in [0.5, 0.6) is 0 Å². The molecule has 1 aliphatic heterocycles. The number of carboxylic acids is 1. The van der Waals surface area contributed by atoms with Crippen LogP contribution in [0, 0.1) is 17.5 Å². The maximum Gasteiger partial charge on any atom is 0.326 e. The van der Waals surface area contributed by atoms with Gasteiger partial charge in [-0.2, -0.15) is 0 Å². The largest absolute Gasteiger partial charge is 0.480 e. The van der Waals surface area contributed by atoms with E-state index in [0.717, 1.165) is 4.90 Å². The van der Waals surface area contributed by atoms with Gasteiger partial charge in [0.2, 0.25) is 0 Å². The van der Waals surface area contributed by atoms with Crippen molar-refractivity contribution in [2.24, 2.45) is 0 Å². The normalized spacial score (nSPS) is 18.9. The average Bonchev–Trinajstić information content (AvgIpc) is 2.43. The first-order valence-electron chi connectivity index (χ1n) is 6.10. The summed E-state index contributed by atoms with van der Waals surface area (Å²) >= 11 is 0. The molecule has 0 spiro atoms. The molecule has 1 amide bonds.